The van der Waals surface area contributed by atoms with Crippen LogP contribution in [0.4, 0.5) is 4.39 Å². The topological polar surface area (TPSA) is 69.0 Å². The van der Waals surface area contributed by atoms with Crippen molar-refractivity contribution in [3.8, 4) is 11.4 Å². The maximum atomic E-state index is 13.4. The average molecular weight is 449 g/mol. The molecule has 0 spiro atoms. The fraction of sp³-hybridized carbons (Fsp3) is 0.609. The van der Waals surface area contributed by atoms with Gasteiger partial charge in [0, 0.05) is 18.2 Å². The van der Waals surface area contributed by atoms with Gasteiger partial charge in [-0.3, -0.25) is 9.36 Å². The first-order valence-electron chi connectivity index (χ1n) is 11.1. The van der Waals surface area contributed by atoms with Crippen LogP contribution in [0.25, 0.3) is 11.4 Å². The molecule has 2 heterocycles. The molecule has 170 valence electrons. The van der Waals surface area contributed by atoms with Crippen LogP contribution in [0, 0.1) is 11.7 Å². The van der Waals surface area contributed by atoms with E-state index in [9.17, 15) is 9.18 Å². The van der Waals surface area contributed by atoms with Gasteiger partial charge in [0.05, 0.1) is 18.4 Å². The van der Waals surface area contributed by atoms with Gasteiger partial charge in [-0.2, -0.15) is 0 Å². The van der Waals surface area contributed by atoms with Crippen LogP contribution in [0.5, 0.6) is 0 Å². The highest BCUT2D eigenvalue weighted by Crippen LogP contribution is 2.26. The minimum atomic E-state index is -0.289. The molecule has 8 heteroatoms. The molecule has 1 aliphatic heterocycles. The van der Waals surface area contributed by atoms with Gasteiger partial charge in [0.25, 0.3) is 0 Å². The summed E-state index contributed by atoms with van der Waals surface area (Å²) in [7, 11) is 0. The number of hydrogen-bond donors (Lipinski definition) is 1. The van der Waals surface area contributed by atoms with Gasteiger partial charge in [0.2, 0.25) is 5.91 Å². The summed E-state index contributed by atoms with van der Waals surface area (Å²) in [4.78, 5) is 12.4. The number of halogens is 1. The van der Waals surface area contributed by atoms with Crippen LogP contribution in [-0.4, -0.2) is 45.2 Å². The number of nitrogens with zero attached hydrogens (tertiary/aromatic N) is 3. The van der Waals surface area contributed by atoms with E-state index in [0.29, 0.717) is 23.4 Å². The second-order valence-corrected chi connectivity index (χ2v) is 9.58. The lowest BCUT2D eigenvalue weighted by molar-refractivity contribution is -0.119. The first-order chi connectivity index (χ1) is 14.9. The molecule has 1 saturated heterocycles. The number of benzene rings is 1. The smallest absolute Gasteiger partial charge is 0.230 e. The number of rotatable bonds is 11. The van der Waals surface area contributed by atoms with E-state index in [1.165, 1.54) is 30.3 Å². The Kier molecular flexibility index (Phi) is 8.90. The Bertz CT molecular complexity index is 835. The molecule has 1 amide bonds. The zero-order chi connectivity index (χ0) is 22.2. The molecule has 3 rings (SSSR count). The summed E-state index contributed by atoms with van der Waals surface area (Å²) in [5.41, 5.74) is 0.793. The molecular formula is C23H33FN4O2S. The van der Waals surface area contributed by atoms with E-state index in [0.717, 1.165) is 37.9 Å². The molecule has 1 fully saturated rings. The molecule has 0 radical (unpaired) electrons. The lowest BCUT2D eigenvalue weighted by atomic mass is 10.0. The molecule has 0 aliphatic carbocycles. The van der Waals surface area contributed by atoms with E-state index in [4.69, 9.17) is 4.74 Å². The van der Waals surface area contributed by atoms with E-state index >= 15 is 0 Å². The third kappa shape index (κ3) is 7.31. The number of aromatic nitrogens is 3. The third-order valence-electron chi connectivity index (χ3n) is 5.39. The Hall–Kier alpha value is -1.93. The molecule has 2 atom stereocenters. The number of amides is 1. The lowest BCUT2D eigenvalue weighted by Crippen LogP contribution is -2.33. The SMILES string of the molecule is CC(C)CCC[C@H](C)NC(=O)CSc1nnc(-c2ccc(F)cc2)n1C[C@@H]1CCCO1. The Morgan fingerprint density at radius 1 is 1.26 bits per heavy atom. The Morgan fingerprint density at radius 3 is 2.71 bits per heavy atom. The summed E-state index contributed by atoms with van der Waals surface area (Å²) in [5.74, 6) is 1.34. The van der Waals surface area contributed by atoms with Crippen LogP contribution in [0.3, 0.4) is 0 Å². The van der Waals surface area contributed by atoms with E-state index in [1.807, 2.05) is 4.57 Å². The van der Waals surface area contributed by atoms with E-state index in [2.05, 4.69) is 36.3 Å². The van der Waals surface area contributed by atoms with Gasteiger partial charge in [0.1, 0.15) is 5.82 Å². The van der Waals surface area contributed by atoms with Crippen LogP contribution in [0.15, 0.2) is 29.4 Å². The fourth-order valence-corrected chi connectivity index (χ4v) is 4.47. The number of carbonyl (C=O) groups excluding carboxylic acids is 1. The largest absolute Gasteiger partial charge is 0.376 e. The number of thioether (sulfide) groups is 1. The second-order valence-electron chi connectivity index (χ2n) is 8.64. The van der Waals surface area contributed by atoms with Gasteiger partial charge in [-0.25, -0.2) is 4.39 Å². The summed E-state index contributed by atoms with van der Waals surface area (Å²) in [6, 6.07) is 6.39. The predicted molar refractivity (Wildman–Crippen MR) is 121 cm³/mol. The van der Waals surface area contributed by atoms with Crippen molar-refractivity contribution in [1.82, 2.24) is 20.1 Å². The van der Waals surface area contributed by atoms with Crippen molar-refractivity contribution in [1.29, 1.82) is 0 Å². The standard InChI is InChI=1S/C23H33FN4O2S/c1-16(2)6-4-7-17(3)25-21(29)15-31-23-27-26-22(18-9-11-19(24)12-10-18)28(23)14-20-8-5-13-30-20/h9-12,16-17,20H,4-8,13-15H2,1-3H3,(H,25,29)/t17-,20-/m0/s1. The number of nitrogens with one attached hydrogen (secondary N) is 1. The lowest BCUT2D eigenvalue weighted by Gasteiger charge is -2.16. The molecule has 1 aromatic carbocycles. The van der Waals surface area contributed by atoms with Crippen molar-refractivity contribution in [3.05, 3.63) is 30.1 Å². The maximum Gasteiger partial charge on any atom is 0.230 e. The van der Waals surface area contributed by atoms with Crippen LogP contribution < -0.4 is 5.32 Å². The van der Waals surface area contributed by atoms with Gasteiger partial charge >= 0.3 is 0 Å². The van der Waals surface area contributed by atoms with Crippen LogP contribution in [-0.2, 0) is 16.1 Å². The zero-order valence-electron chi connectivity index (χ0n) is 18.6. The molecule has 0 saturated carbocycles. The monoisotopic (exact) mass is 448 g/mol. The minimum absolute atomic E-state index is 0.00274. The molecule has 2 aromatic rings. The summed E-state index contributed by atoms with van der Waals surface area (Å²) in [6.45, 7) is 7.86. The molecule has 31 heavy (non-hydrogen) atoms. The summed E-state index contributed by atoms with van der Waals surface area (Å²) >= 11 is 1.38. The Labute approximate surface area is 188 Å². The third-order valence-corrected chi connectivity index (χ3v) is 6.35. The Balaban J connectivity index is 1.63. The summed E-state index contributed by atoms with van der Waals surface area (Å²) < 4.78 is 21.1. The van der Waals surface area contributed by atoms with Gasteiger partial charge in [0.15, 0.2) is 11.0 Å². The molecule has 1 aromatic heterocycles. The van der Waals surface area contributed by atoms with Gasteiger partial charge in [-0.05, 0) is 56.4 Å². The van der Waals surface area contributed by atoms with Crippen LogP contribution in [0.2, 0.25) is 0 Å². The zero-order valence-corrected chi connectivity index (χ0v) is 19.5. The van der Waals surface area contributed by atoms with E-state index in [-0.39, 0.29) is 29.6 Å². The molecular weight excluding hydrogens is 415 g/mol. The predicted octanol–water partition coefficient (Wildman–Crippen LogP) is 4.69. The molecule has 6 nitrogen and oxygen atoms in total. The normalized spacial score (nSPS) is 17.3. The molecule has 1 N–H and O–H groups in total. The van der Waals surface area contributed by atoms with E-state index in [1.54, 1.807) is 12.1 Å². The minimum Gasteiger partial charge on any atom is -0.376 e. The van der Waals surface area contributed by atoms with Crippen molar-refractivity contribution < 1.29 is 13.9 Å². The van der Waals surface area contributed by atoms with Gasteiger partial charge in [-0.1, -0.05) is 38.5 Å². The van der Waals surface area contributed by atoms with Crippen LogP contribution in [0.1, 0.15) is 52.9 Å². The molecule has 0 unspecified atom stereocenters. The number of carbonyl (C=O) groups is 1. The highest BCUT2D eigenvalue weighted by Gasteiger charge is 2.22. The quantitative estimate of drug-likeness (QED) is 0.505. The Morgan fingerprint density at radius 2 is 2.03 bits per heavy atom. The first kappa shape index (κ1) is 23.7. The highest BCUT2D eigenvalue weighted by molar-refractivity contribution is 7.99. The van der Waals surface area contributed by atoms with Gasteiger partial charge in [-0.15, -0.1) is 10.2 Å². The van der Waals surface area contributed by atoms with Crippen molar-refractivity contribution in [2.24, 2.45) is 5.92 Å². The molecule has 1 aliphatic rings. The highest BCUT2D eigenvalue weighted by atomic mass is 32.2. The average Bonchev–Trinajstić information content (AvgIpc) is 3.37. The second kappa shape index (κ2) is 11.6. The van der Waals surface area contributed by atoms with Crippen molar-refractivity contribution in [3.63, 3.8) is 0 Å². The summed E-state index contributed by atoms with van der Waals surface area (Å²) in [6.07, 6.45) is 5.40. The first-order valence-corrected chi connectivity index (χ1v) is 12.1. The van der Waals surface area contributed by atoms with Crippen molar-refractivity contribution >= 4 is 17.7 Å². The summed E-state index contributed by atoms with van der Waals surface area (Å²) in [5, 5.41) is 12.4. The number of ether oxygens (including phenoxy) is 1. The molecule has 0 bridgehead atoms. The van der Waals surface area contributed by atoms with Crippen molar-refractivity contribution in [2.75, 3.05) is 12.4 Å². The maximum absolute atomic E-state index is 13.4. The fourth-order valence-electron chi connectivity index (χ4n) is 3.72. The van der Waals surface area contributed by atoms with Crippen molar-refractivity contribution in [2.45, 2.75) is 76.7 Å². The van der Waals surface area contributed by atoms with E-state index < -0.39 is 0 Å². The van der Waals surface area contributed by atoms with Gasteiger partial charge < -0.3 is 10.1 Å². The number of hydrogen-bond acceptors (Lipinski definition) is 5. The van der Waals surface area contributed by atoms with Crippen LogP contribution >= 0.6 is 11.8 Å².